The fourth-order valence-corrected chi connectivity index (χ4v) is 3.43. The van der Waals surface area contributed by atoms with Crippen LogP contribution in [0.4, 0.5) is 5.69 Å². The number of hydrogen-bond acceptors (Lipinski definition) is 4. The van der Waals surface area contributed by atoms with Crippen LogP contribution in [0.3, 0.4) is 0 Å². The van der Waals surface area contributed by atoms with E-state index >= 15 is 0 Å². The molecule has 1 aromatic carbocycles. The lowest BCUT2D eigenvalue weighted by Crippen LogP contribution is -2.37. The van der Waals surface area contributed by atoms with Crippen LogP contribution in [0, 0.1) is 6.92 Å². The van der Waals surface area contributed by atoms with Crippen molar-refractivity contribution < 1.29 is 9.90 Å². The van der Waals surface area contributed by atoms with Crippen LogP contribution in [-0.4, -0.2) is 28.7 Å². The highest BCUT2D eigenvalue weighted by molar-refractivity contribution is 6.31. The number of aliphatic hydroxyl groups is 1. The van der Waals surface area contributed by atoms with Crippen molar-refractivity contribution in [3.63, 3.8) is 0 Å². The van der Waals surface area contributed by atoms with Crippen molar-refractivity contribution in [2.45, 2.75) is 32.4 Å². The van der Waals surface area contributed by atoms with Gasteiger partial charge in [-0.15, -0.1) is 0 Å². The van der Waals surface area contributed by atoms with Gasteiger partial charge in [-0.3, -0.25) is 9.59 Å². The Morgan fingerprint density at radius 2 is 2.08 bits per heavy atom. The van der Waals surface area contributed by atoms with E-state index in [2.05, 4.69) is 10.6 Å². The molecule has 0 saturated carbocycles. The number of nitrogens with one attached hydrogen (secondary N) is 2. The number of halogens is 1. The van der Waals surface area contributed by atoms with Gasteiger partial charge in [0.1, 0.15) is 5.56 Å². The van der Waals surface area contributed by atoms with E-state index in [1.54, 1.807) is 42.0 Å². The number of amides is 1. The second-order valence-electron chi connectivity index (χ2n) is 6.49. The van der Waals surface area contributed by atoms with Gasteiger partial charge in [-0.25, -0.2) is 0 Å². The highest BCUT2D eigenvalue weighted by Crippen LogP contribution is 2.21. The number of carbonyl (C=O) groups is 1. The van der Waals surface area contributed by atoms with E-state index in [0.717, 1.165) is 25.9 Å². The van der Waals surface area contributed by atoms with Crippen molar-refractivity contribution in [3.05, 3.63) is 62.5 Å². The lowest BCUT2D eigenvalue weighted by Gasteiger charge is -2.25. The van der Waals surface area contributed by atoms with Crippen molar-refractivity contribution >= 4 is 23.2 Å². The van der Waals surface area contributed by atoms with Gasteiger partial charge in [-0.05, 0) is 68.2 Å². The van der Waals surface area contributed by atoms with Gasteiger partial charge in [-0.2, -0.15) is 0 Å². The molecule has 0 radical (unpaired) electrons. The molecule has 2 heterocycles. The minimum Gasteiger partial charge on any atom is -0.392 e. The number of benzene rings is 1. The third-order valence-electron chi connectivity index (χ3n) is 4.73. The molecule has 138 valence electrons. The number of hydrogen-bond donors (Lipinski definition) is 3. The van der Waals surface area contributed by atoms with Gasteiger partial charge in [0.2, 0.25) is 0 Å². The highest BCUT2D eigenvalue weighted by atomic mass is 35.5. The van der Waals surface area contributed by atoms with Crippen LogP contribution in [0.2, 0.25) is 5.02 Å². The van der Waals surface area contributed by atoms with Gasteiger partial charge < -0.3 is 20.3 Å². The Morgan fingerprint density at radius 1 is 1.35 bits per heavy atom. The number of nitrogens with zero attached hydrogens (tertiary/aromatic N) is 1. The molecule has 1 aromatic heterocycles. The van der Waals surface area contributed by atoms with Crippen LogP contribution < -0.4 is 16.2 Å². The third-order valence-corrected chi connectivity index (χ3v) is 5.10. The van der Waals surface area contributed by atoms with Gasteiger partial charge in [0.05, 0.1) is 6.61 Å². The van der Waals surface area contributed by atoms with Crippen LogP contribution in [0.1, 0.15) is 40.4 Å². The predicted octanol–water partition coefficient (Wildman–Crippen LogP) is 2.48. The number of aryl methyl sites for hydroxylation is 1. The Bertz CT molecular complexity index is 873. The predicted molar refractivity (Wildman–Crippen MR) is 102 cm³/mol. The zero-order valence-electron chi connectivity index (χ0n) is 14.6. The summed E-state index contributed by atoms with van der Waals surface area (Å²) in [5.74, 6) is -0.456. The maximum atomic E-state index is 12.9. The zero-order chi connectivity index (χ0) is 18.7. The number of pyridine rings is 1. The number of anilines is 1. The molecule has 1 fully saturated rings. The summed E-state index contributed by atoms with van der Waals surface area (Å²) in [5.41, 5.74) is 1.51. The van der Waals surface area contributed by atoms with Crippen molar-refractivity contribution in [2.24, 2.45) is 0 Å². The molecule has 1 aliphatic rings. The van der Waals surface area contributed by atoms with E-state index in [0.29, 0.717) is 21.8 Å². The standard InChI is InChI=1S/C19H22ClN3O3/c1-12-6-9-23(15-4-7-21-8-5-15)19(26)17(12)18(25)22-14-2-3-16(20)13(10-14)11-24/h2-3,6,9-10,15,21,24H,4-5,7-8,11H2,1H3,(H,22,25). The molecule has 1 amide bonds. The van der Waals surface area contributed by atoms with E-state index in [9.17, 15) is 14.7 Å². The molecule has 0 atom stereocenters. The molecule has 2 aromatic rings. The van der Waals surface area contributed by atoms with Crippen LogP contribution >= 0.6 is 11.6 Å². The number of piperidine rings is 1. The first kappa shape index (κ1) is 18.6. The average molecular weight is 376 g/mol. The minimum atomic E-state index is -0.456. The molecule has 0 unspecified atom stereocenters. The van der Waals surface area contributed by atoms with Crippen LogP contribution in [-0.2, 0) is 6.61 Å². The number of carbonyl (C=O) groups excluding carboxylic acids is 1. The summed E-state index contributed by atoms with van der Waals surface area (Å²) in [6, 6.07) is 6.76. The average Bonchev–Trinajstić information content (AvgIpc) is 2.64. The van der Waals surface area contributed by atoms with E-state index < -0.39 is 5.91 Å². The van der Waals surface area contributed by atoms with Crippen molar-refractivity contribution in [3.8, 4) is 0 Å². The lowest BCUT2D eigenvalue weighted by molar-refractivity contribution is 0.102. The van der Waals surface area contributed by atoms with Crippen LogP contribution in [0.25, 0.3) is 0 Å². The molecule has 0 bridgehead atoms. The number of aliphatic hydroxyl groups excluding tert-OH is 1. The van der Waals surface area contributed by atoms with Gasteiger partial charge in [0, 0.05) is 22.9 Å². The highest BCUT2D eigenvalue weighted by Gasteiger charge is 2.21. The Labute approximate surface area is 156 Å². The summed E-state index contributed by atoms with van der Waals surface area (Å²) in [5, 5.41) is 15.7. The molecule has 1 saturated heterocycles. The third kappa shape index (κ3) is 3.82. The Kier molecular flexibility index (Phi) is 5.76. The molecule has 3 rings (SSSR count). The first-order valence-corrected chi connectivity index (χ1v) is 9.02. The van der Waals surface area contributed by atoms with E-state index in [1.165, 1.54) is 0 Å². The second kappa shape index (κ2) is 8.03. The SMILES string of the molecule is Cc1ccn(C2CCNCC2)c(=O)c1C(=O)Nc1ccc(Cl)c(CO)c1. The molecular weight excluding hydrogens is 354 g/mol. The normalized spacial score (nSPS) is 15.0. The van der Waals surface area contributed by atoms with Gasteiger partial charge in [0.25, 0.3) is 11.5 Å². The van der Waals surface area contributed by atoms with E-state index in [1.807, 2.05) is 0 Å². The van der Waals surface area contributed by atoms with Gasteiger partial charge in [-0.1, -0.05) is 11.6 Å². The van der Waals surface area contributed by atoms with Crippen molar-refractivity contribution in [1.29, 1.82) is 0 Å². The smallest absolute Gasteiger partial charge is 0.263 e. The fraction of sp³-hybridized carbons (Fsp3) is 0.368. The molecule has 6 nitrogen and oxygen atoms in total. The van der Waals surface area contributed by atoms with Crippen LogP contribution in [0.5, 0.6) is 0 Å². The Balaban J connectivity index is 1.90. The van der Waals surface area contributed by atoms with Crippen LogP contribution in [0.15, 0.2) is 35.3 Å². The molecule has 7 heteroatoms. The Morgan fingerprint density at radius 3 is 2.77 bits per heavy atom. The lowest BCUT2D eigenvalue weighted by atomic mass is 10.0. The maximum Gasteiger partial charge on any atom is 0.263 e. The largest absolute Gasteiger partial charge is 0.392 e. The number of rotatable bonds is 4. The first-order chi connectivity index (χ1) is 12.5. The summed E-state index contributed by atoms with van der Waals surface area (Å²) >= 11 is 5.98. The summed E-state index contributed by atoms with van der Waals surface area (Å²) in [6.45, 7) is 3.25. The topological polar surface area (TPSA) is 83.4 Å². The van der Waals surface area contributed by atoms with Gasteiger partial charge in [0.15, 0.2) is 0 Å². The quantitative estimate of drug-likeness (QED) is 0.766. The summed E-state index contributed by atoms with van der Waals surface area (Å²) in [6.07, 6.45) is 3.50. The Hall–Kier alpha value is -2.15. The fourth-order valence-electron chi connectivity index (χ4n) is 3.26. The molecule has 1 aliphatic heterocycles. The van der Waals surface area contributed by atoms with Crippen molar-refractivity contribution in [2.75, 3.05) is 18.4 Å². The van der Waals surface area contributed by atoms with E-state index in [-0.39, 0.29) is 23.8 Å². The van der Waals surface area contributed by atoms with Crippen molar-refractivity contribution in [1.82, 2.24) is 9.88 Å². The molecule has 26 heavy (non-hydrogen) atoms. The zero-order valence-corrected chi connectivity index (χ0v) is 15.3. The van der Waals surface area contributed by atoms with E-state index in [4.69, 9.17) is 11.6 Å². The monoisotopic (exact) mass is 375 g/mol. The first-order valence-electron chi connectivity index (χ1n) is 8.64. The summed E-state index contributed by atoms with van der Waals surface area (Å²) in [7, 11) is 0. The van der Waals surface area contributed by atoms with Gasteiger partial charge >= 0.3 is 0 Å². The molecular formula is C19H22ClN3O3. The second-order valence-corrected chi connectivity index (χ2v) is 6.89. The molecule has 0 spiro atoms. The maximum absolute atomic E-state index is 12.9. The molecule has 0 aliphatic carbocycles. The molecule has 3 N–H and O–H groups in total. The summed E-state index contributed by atoms with van der Waals surface area (Å²) in [4.78, 5) is 25.7. The minimum absolute atomic E-state index is 0.104. The summed E-state index contributed by atoms with van der Waals surface area (Å²) < 4.78 is 1.67. The number of aromatic nitrogens is 1.